The van der Waals surface area contributed by atoms with Crippen molar-refractivity contribution in [3.8, 4) is 0 Å². The topological polar surface area (TPSA) is 75.5 Å². The number of nitrogens with zero attached hydrogens (tertiary/aromatic N) is 5. The molecule has 8 nitrogen and oxygen atoms in total. The molecule has 1 aromatic heterocycles. The van der Waals surface area contributed by atoms with Gasteiger partial charge in [0.15, 0.2) is 0 Å². The van der Waals surface area contributed by atoms with Crippen LogP contribution in [0.5, 0.6) is 0 Å². The highest BCUT2D eigenvalue weighted by atomic mass is 19.4. The van der Waals surface area contributed by atoms with E-state index in [0.29, 0.717) is 37.4 Å². The number of carbonyl (C=O) groups is 1. The van der Waals surface area contributed by atoms with Gasteiger partial charge < -0.3 is 19.5 Å². The Bertz CT molecular complexity index is 1400. The molecule has 1 unspecified atom stereocenters. The number of alkyl halides is 3. The molecule has 1 N–H and O–H groups in total. The first-order valence-corrected chi connectivity index (χ1v) is 13.2. The van der Waals surface area contributed by atoms with E-state index in [1.807, 2.05) is 36.7 Å². The van der Waals surface area contributed by atoms with E-state index < -0.39 is 17.6 Å². The number of amides is 1. The second-order valence-electron chi connectivity index (χ2n) is 10.9. The number of hydrogen-bond acceptors (Lipinski definition) is 6. The predicted octanol–water partition coefficient (Wildman–Crippen LogP) is 3.30. The van der Waals surface area contributed by atoms with Crippen LogP contribution in [-0.4, -0.2) is 64.5 Å². The zero-order valence-corrected chi connectivity index (χ0v) is 22.0. The van der Waals surface area contributed by atoms with Crippen molar-refractivity contribution in [2.75, 3.05) is 37.7 Å². The molecule has 1 atom stereocenters. The SMILES string of the molecule is CC1CNCCN1Cc1cc2c(c(C(F)(F)F)c1)CN(c1cccc(C3(Cc4nncn4C)COC3)c1)C2=O. The molecule has 3 aliphatic rings. The molecule has 0 aliphatic carbocycles. The number of aryl methyl sites for hydroxylation is 1. The fraction of sp³-hybridized carbons (Fsp3) is 0.464. The highest BCUT2D eigenvalue weighted by molar-refractivity contribution is 6.10. The number of halogens is 3. The number of anilines is 1. The number of nitrogens with one attached hydrogen (secondary N) is 1. The van der Waals surface area contributed by atoms with Crippen LogP contribution >= 0.6 is 0 Å². The maximum atomic E-state index is 14.2. The van der Waals surface area contributed by atoms with Crippen LogP contribution in [0.2, 0.25) is 0 Å². The molecular weight excluding hydrogens is 509 g/mol. The number of carbonyl (C=O) groups excluding carboxylic acids is 1. The fourth-order valence-corrected chi connectivity index (χ4v) is 5.87. The third kappa shape index (κ3) is 4.72. The van der Waals surface area contributed by atoms with Crippen LogP contribution in [-0.2, 0) is 42.9 Å². The minimum absolute atomic E-state index is 0.0378. The Labute approximate surface area is 224 Å². The van der Waals surface area contributed by atoms with Crippen molar-refractivity contribution in [1.82, 2.24) is 25.0 Å². The first kappa shape index (κ1) is 26.0. The molecule has 206 valence electrons. The lowest BCUT2D eigenvalue weighted by atomic mass is 9.75. The van der Waals surface area contributed by atoms with Crippen molar-refractivity contribution in [1.29, 1.82) is 0 Å². The van der Waals surface area contributed by atoms with E-state index in [0.717, 1.165) is 31.0 Å². The van der Waals surface area contributed by atoms with Crippen molar-refractivity contribution < 1.29 is 22.7 Å². The van der Waals surface area contributed by atoms with Crippen molar-refractivity contribution in [3.63, 3.8) is 0 Å². The van der Waals surface area contributed by atoms with Gasteiger partial charge in [0.1, 0.15) is 12.2 Å². The van der Waals surface area contributed by atoms with E-state index in [2.05, 4.69) is 20.4 Å². The molecule has 0 bridgehead atoms. The second-order valence-corrected chi connectivity index (χ2v) is 10.9. The summed E-state index contributed by atoms with van der Waals surface area (Å²) in [5.74, 6) is 0.407. The first-order chi connectivity index (χ1) is 18.6. The summed E-state index contributed by atoms with van der Waals surface area (Å²) in [6.07, 6.45) is -2.31. The quantitative estimate of drug-likeness (QED) is 0.517. The Morgan fingerprint density at radius 1 is 1.21 bits per heavy atom. The predicted molar refractivity (Wildman–Crippen MR) is 138 cm³/mol. The molecule has 0 spiro atoms. The van der Waals surface area contributed by atoms with Gasteiger partial charge >= 0.3 is 6.18 Å². The molecule has 2 saturated heterocycles. The number of aromatic nitrogens is 3. The third-order valence-corrected chi connectivity index (χ3v) is 8.26. The molecule has 2 aromatic carbocycles. The first-order valence-electron chi connectivity index (χ1n) is 13.2. The summed E-state index contributed by atoms with van der Waals surface area (Å²) in [5, 5.41) is 11.5. The van der Waals surface area contributed by atoms with Crippen molar-refractivity contribution in [2.24, 2.45) is 7.05 Å². The van der Waals surface area contributed by atoms with E-state index in [1.54, 1.807) is 18.5 Å². The van der Waals surface area contributed by atoms with Crippen LogP contribution < -0.4 is 10.2 Å². The number of piperazine rings is 1. The maximum absolute atomic E-state index is 14.2. The summed E-state index contributed by atoms with van der Waals surface area (Å²) in [5.41, 5.74) is 1.15. The Morgan fingerprint density at radius 2 is 2.03 bits per heavy atom. The molecule has 6 rings (SSSR count). The number of fused-ring (bicyclic) bond motifs is 1. The highest BCUT2D eigenvalue weighted by Crippen LogP contribution is 2.41. The summed E-state index contributed by atoms with van der Waals surface area (Å²) in [6, 6.07) is 10.6. The summed E-state index contributed by atoms with van der Waals surface area (Å²) >= 11 is 0. The molecule has 2 fully saturated rings. The van der Waals surface area contributed by atoms with E-state index in [-0.39, 0.29) is 29.1 Å². The maximum Gasteiger partial charge on any atom is 0.416 e. The van der Waals surface area contributed by atoms with Crippen molar-refractivity contribution >= 4 is 11.6 Å². The van der Waals surface area contributed by atoms with Crippen LogP contribution in [0.25, 0.3) is 0 Å². The van der Waals surface area contributed by atoms with Gasteiger partial charge in [-0.05, 0) is 47.9 Å². The lowest BCUT2D eigenvalue weighted by Gasteiger charge is -2.42. The van der Waals surface area contributed by atoms with E-state index in [4.69, 9.17) is 4.74 Å². The molecule has 4 heterocycles. The van der Waals surface area contributed by atoms with Crippen LogP contribution in [0.3, 0.4) is 0 Å². The minimum Gasteiger partial charge on any atom is -0.379 e. The highest BCUT2D eigenvalue weighted by Gasteiger charge is 2.43. The molecular formula is C28H31F3N6O2. The summed E-state index contributed by atoms with van der Waals surface area (Å²) in [7, 11) is 1.88. The minimum atomic E-state index is -4.56. The van der Waals surface area contributed by atoms with Crippen LogP contribution in [0, 0.1) is 0 Å². The monoisotopic (exact) mass is 540 g/mol. The Balaban J connectivity index is 1.32. The number of hydrogen-bond donors (Lipinski definition) is 1. The molecule has 3 aromatic rings. The molecule has 39 heavy (non-hydrogen) atoms. The second kappa shape index (κ2) is 9.72. The fourth-order valence-electron chi connectivity index (χ4n) is 5.87. The molecule has 3 aliphatic heterocycles. The van der Waals surface area contributed by atoms with Gasteiger partial charge in [-0.25, -0.2) is 0 Å². The Hall–Kier alpha value is -3.28. The Kier molecular flexibility index (Phi) is 6.47. The average Bonchev–Trinajstić information content (AvgIpc) is 3.44. The van der Waals surface area contributed by atoms with Crippen LogP contribution in [0.15, 0.2) is 42.7 Å². The van der Waals surface area contributed by atoms with Crippen molar-refractivity contribution in [2.45, 2.75) is 44.1 Å². The average molecular weight is 541 g/mol. The van der Waals surface area contributed by atoms with Gasteiger partial charge in [-0.3, -0.25) is 9.69 Å². The van der Waals surface area contributed by atoms with Gasteiger partial charge in [0, 0.05) is 62.4 Å². The van der Waals surface area contributed by atoms with E-state index in [9.17, 15) is 18.0 Å². The lowest BCUT2D eigenvalue weighted by molar-refractivity contribution is -0.138. The summed E-state index contributed by atoms with van der Waals surface area (Å²) in [4.78, 5) is 17.2. The molecule has 1 amide bonds. The largest absolute Gasteiger partial charge is 0.416 e. The van der Waals surface area contributed by atoms with Gasteiger partial charge in [0.2, 0.25) is 0 Å². The van der Waals surface area contributed by atoms with Crippen LogP contribution in [0.4, 0.5) is 18.9 Å². The summed E-state index contributed by atoms with van der Waals surface area (Å²) < 4.78 is 50.2. The van der Waals surface area contributed by atoms with E-state index in [1.165, 1.54) is 11.0 Å². The zero-order valence-electron chi connectivity index (χ0n) is 22.0. The number of rotatable bonds is 6. The number of benzene rings is 2. The molecule has 0 saturated carbocycles. The van der Waals surface area contributed by atoms with E-state index >= 15 is 0 Å². The van der Waals surface area contributed by atoms with Gasteiger partial charge in [0.25, 0.3) is 5.91 Å². The Morgan fingerprint density at radius 3 is 2.69 bits per heavy atom. The lowest BCUT2D eigenvalue weighted by Crippen LogP contribution is -2.49. The van der Waals surface area contributed by atoms with Gasteiger partial charge in [-0.2, -0.15) is 13.2 Å². The van der Waals surface area contributed by atoms with Gasteiger partial charge in [0.05, 0.1) is 25.3 Å². The van der Waals surface area contributed by atoms with Gasteiger partial charge in [-0.1, -0.05) is 12.1 Å². The molecule has 11 heteroatoms. The van der Waals surface area contributed by atoms with Crippen LogP contribution in [0.1, 0.15) is 45.4 Å². The third-order valence-electron chi connectivity index (χ3n) is 8.26. The summed E-state index contributed by atoms with van der Waals surface area (Å²) in [6.45, 7) is 5.58. The number of ether oxygens (including phenoxy) is 1. The van der Waals surface area contributed by atoms with Crippen molar-refractivity contribution in [3.05, 3.63) is 76.4 Å². The normalized spacial score (nSPS) is 21.2. The molecule has 0 radical (unpaired) electrons. The standard InChI is InChI=1S/C28H31F3N6O2/c1-18-12-32-6-7-36(18)13-19-8-22-23(24(9-19)28(29,30)31)14-37(26(22)38)21-5-3-4-20(10-21)27(15-39-16-27)11-25-34-33-17-35(25)2/h3-5,8-10,17-18,32H,6-7,11-16H2,1-2H3. The smallest absolute Gasteiger partial charge is 0.379 e. The van der Waals surface area contributed by atoms with Gasteiger partial charge in [-0.15, -0.1) is 10.2 Å². The zero-order chi connectivity index (χ0) is 27.4.